The van der Waals surface area contributed by atoms with Crippen molar-refractivity contribution in [1.82, 2.24) is 4.98 Å². The van der Waals surface area contributed by atoms with Crippen LogP contribution in [0.3, 0.4) is 0 Å². The molecule has 1 aromatic heterocycles. The van der Waals surface area contributed by atoms with Crippen LogP contribution in [0.25, 0.3) is 22.5 Å². The van der Waals surface area contributed by atoms with E-state index in [2.05, 4.69) is 4.98 Å². The number of ether oxygens (including phenoxy) is 2. The van der Waals surface area contributed by atoms with E-state index < -0.39 is 5.97 Å². The van der Waals surface area contributed by atoms with Crippen LogP contribution in [0, 0.1) is 0 Å². The molecule has 6 nitrogen and oxygen atoms in total. The maximum atomic E-state index is 11.6. The molecule has 0 bridgehead atoms. The second-order valence-electron chi connectivity index (χ2n) is 5.58. The first kappa shape index (κ1) is 17.3. The highest BCUT2D eigenvalue weighted by atomic mass is 16.5. The van der Waals surface area contributed by atoms with Crippen molar-refractivity contribution in [3.05, 3.63) is 60.2 Å². The number of rotatable bonds is 5. The van der Waals surface area contributed by atoms with E-state index in [1.165, 1.54) is 6.07 Å². The van der Waals surface area contributed by atoms with E-state index in [-0.39, 0.29) is 11.3 Å². The summed E-state index contributed by atoms with van der Waals surface area (Å²) in [5.41, 5.74) is 8.63. The third-order valence-electron chi connectivity index (χ3n) is 4.04. The maximum absolute atomic E-state index is 11.6. The van der Waals surface area contributed by atoms with Gasteiger partial charge in [0.1, 0.15) is 11.5 Å². The molecule has 26 heavy (non-hydrogen) atoms. The summed E-state index contributed by atoms with van der Waals surface area (Å²) in [6, 6.07) is 15.8. The van der Waals surface area contributed by atoms with Crippen molar-refractivity contribution in [2.75, 3.05) is 20.0 Å². The molecule has 0 fully saturated rings. The third-order valence-corrected chi connectivity index (χ3v) is 4.04. The van der Waals surface area contributed by atoms with Crippen LogP contribution >= 0.6 is 0 Å². The van der Waals surface area contributed by atoms with Crippen LogP contribution in [0.4, 0.5) is 5.69 Å². The Morgan fingerprint density at radius 1 is 0.923 bits per heavy atom. The summed E-state index contributed by atoms with van der Waals surface area (Å²) in [6.07, 6.45) is 0. The van der Waals surface area contributed by atoms with E-state index >= 15 is 0 Å². The SMILES string of the molecule is COc1ccc(-c2cc(C(=O)O)c(N)c(-c3ccc(OC)cc3)n2)cc1. The van der Waals surface area contributed by atoms with E-state index in [4.69, 9.17) is 15.2 Å². The molecule has 0 atom stereocenters. The van der Waals surface area contributed by atoms with Crippen LogP contribution in [0.15, 0.2) is 54.6 Å². The standard InChI is InChI=1S/C20H18N2O4/c1-25-14-7-3-12(4-8-14)17-11-16(20(23)24)18(21)19(22-17)13-5-9-15(26-2)10-6-13/h3-11H,21H2,1-2H3,(H,23,24). The van der Waals surface area contributed by atoms with Gasteiger partial charge in [0.15, 0.2) is 0 Å². The molecule has 3 rings (SSSR count). The Labute approximate surface area is 150 Å². The number of carboxylic acid groups (broad SMARTS) is 1. The first-order chi connectivity index (χ1) is 12.5. The van der Waals surface area contributed by atoms with E-state index in [1.54, 1.807) is 50.6 Å². The minimum atomic E-state index is -1.10. The van der Waals surface area contributed by atoms with Crippen LogP contribution in [-0.2, 0) is 0 Å². The lowest BCUT2D eigenvalue weighted by Gasteiger charge is -2.12. The fourth-order valence-electron chi connectivity index (χ4n) is 2.61. The number of anilines is 1. The highest BCUT2D eigenvalue weighted by Crippen LogP contribution is 2.32. The Morgan fingerprint density at radius 2 is 1.42 bits per heavy atom. The molecule has 0 radical (unpaired) electrons. The fourth-order valence-corrected chi connectivity index (χ4v) is 2.61. The highest BCUT2D eigenvalue weighted by molar-refractivity contribution is 5.98. The van der Waals surface area contributed by atoms with E-state index in [0.717, 1.165) is 5.56 Å². The van der Waals surface area contributed by atoms with Crippen molar-refractivity contribution in [2.45, 2.75) is 0 Å². The first-order valence-corrected chi connectivity index (χ1v) is 7.86. The van der Waals surface area contributed by atoms with Gasteiger partial charge in [0, 0.05) is 11.1 Å². The summed E-state index contributed by atoms with van der Waals surface area (Å²) >= 11 is 0. The Balaban J connectivity index is 2.16. The van der Waals surface area contributed by atoms with Gasteiger partial charge in [-0.1, -0.05) is 0 Å². The van der Waals surface area contributed by atoms with Gasteiger partial charge in [0.25, 0.3) is 0 Å². The monoisotopic (exact) mass is 350 g/mol. The summed E-state index contributed by atoms with van der Waals surface area (Å²) in [6.45, 7) is 0. The number of carbonyl (C=O) groups is 1. The zero-order valence-electron chi connectivity index (χ0n) is 14.4. The molecule has 0 aliphatic heterocycles. The Kier molecular flexibility index (Phi) is 4.75. The Hall–Kier alpha value is -3.54. The van der Waals surface area contributed by atoms with Crippen LogP contribution in [-0.4, -0.2) is 30.3 Å². The summed E-state index contributed by atoms with van der Waals surface area (Å²) in [5.74, 6) is 0.296. The lowest BCUT2D eigenvalue weighted by molar-refractivity contribution is 0.0698. The number of aromatic carboxylic acids is 1. The van der Waals surface area contributed by atoms with Gasteiger partial charge in [-0.15, -0.1) is 0 Å². The van der Waals surface area contributed by atoms with Gasteiger partial charge in [-0.2, -0.15) is 0 Å². The predicted octanol–water partition coefficient (Wildman–Crippen LogP) is 3.71. The first-order valence-electron chi connectivity index (χ1n) is 7.86. The molecular weight excluding hydrogens is 332 g/mol. The maximum Gasteiger partial charge on any atom is 0.337 e. The van der Waals surface area contributed by atoms with Crippen molar-refractivity contribution in [3.8, 4) is 34.0 Å². The van der Waals surface area contributed by atoms with Gasteiger partial charge >= 0.3 is 5.97 Å². The molecule has 0 aliphatic rings. The molecule has 2 aromatic carbocycles. The number of methoxy groups -OCH3 is 2. The van der Waals surface area contributed by atoms with E-state index in [0.29, 0.717) is 28.5 Å². The van der Waals surface area contributed by atoms with E-state index in [9.17, 15) is 9.90 Å². The molecule has 3 N–H and O–H groups in total. The number of nitrogens with zero attached hydrogens (tertiary/aromatic N) is 1. The number of benzene rings is 2. The van der Waals surface area contributed by atoms with Gasteiger partial charge < -0.3 is 20.3 Å². The smallest absolute Gasteiger partial charge is 0.337 e. The average Bonchev–Trinajstić information content (AvgIpc) is 2.68. The summed E-state index contributed by atoms with van der Waals surface area (Å²) < 4.78 is 10.3. The molecule has 132 valence electrons. The minimum absolute atomic E-state index is 0.0108. The summed E-state index contributed by atoms with van der Waals surface area (Å²) in [4.78, 5) is 16.2. The molecule has 0 amide bonds. The highest BCUT2D eigenvalue weighted by Gasteiger charge is 2.17. The quantitative estimate of drug-likeness (QED) is 0.728. The van der Waals surface area contributed by atoms with Crippen molar-refractivity contribution >= 4 is 11.7 Å². The number of nitrogen functional groups attached to an aromatic ring is 1. The number of hydrogen-bond acceptors (Lipinski definition) is 5. The Morgan fingerprint density at radius 3 is 1.88 bits per heavy atom. The second kappa shape index (κ2) is 7.14. The average molecular weight is 350 g/mol. The third kappa shape index (κ3) is 3.30. The summed E-state index contributed by atoms with van der Waals surface area (Å²) in [7, 11) is 3.16. The zero-order valence-corrected chi connectivity index (χ0v) is 14.4. The molecule has 0 spiro atoms. The van der Waals surface area contributed by atoms with Crippen LogP contribution in [0.5, 0.6) is 11.5 Å². The number of pyridine rings is 1. The molecule has 6 heteroatoms. The fraction of sp³-hybridized carbons (Fsp3) is 0.100. The van der Waals surface area contributed by atoms with Gasteiger partial charge in [-0.3, -0.25) is 0 Å². The Bertz CT molecular complexity index is 935. The van der Waals surface area contributed by atoms with Crippen LogP contribution in [0.1, 0.15) is 10.4 Å². The molecule has 0 unspecified atom stereocenters. The topological polar surface area (TPSA) is 94.7 Å². The van der Waals surface area contributed by atoms with Crippen LogP contribution < -0.4 is 15.2 Å². The van der Waals surface area contributed by atoms with E-state index in [1.807, 2.05) is 12.1 Å². The largest absolute Gasteiger partial charge is 0.497 e. The summed E-state index contributed by atoms with van der Waals surface area (Å²) in [5, 5.41) is 9.52. The number of carboxylic acids is 1. The second-order valence-corrected chi connectivity index (χ2v) is 5.58. The van der Waals surface area contributed by atoms with Gasteiger partial charge in [0.05, 0.1) is 36.9 Å². The molecule has 0 saturated carbocycles. The normalized spacial score (nSPS) is 10.4. The molecule has 0 aliphatic carbocycles. The molecule has 1 heterocycles. The lowest BCUT2D eigenvalue weighted by Crippen LogP contribution is -2.06. The van der Waals surface area contributed by atoms with Crippen molar-refractivity contribution in [3.63, 3.8) is 0 Å². The minimum Gasteiger partial charge on any atom is -0.497 e. The van der Waals surface area contributed by atoms with Crippen molar-refractivity contribution in [1.29, 1.82) is 0 Å². The van der Waals surface area contributed by atoms with Crippen molar-refractivity contribution in [2.24, 2.45) is 0 Å². The van der Waals surface area contributed by atoms with Gasteiger partial charge in [-0.05, 0) is 54.6 Å². The molecule has 0 saturated heterocycles. The van der Waals surface area contributed by atoms with Crippen LogP contribution in [0.2, 0.25) is 0 Å². The number of nitrogens with two attached hydrogens (primary N) is 1. The lowest BCUT2D eigenvalue weighted by atomic mass is 10.0. The number of hydrogen-bond donors (Lipinski definition) is 2. The zero-order chi connectivity index (χ0) is 18.7. The van der Waals surface area contributed by atoms with Gasteiger partial charge in [-0.25, -0.2) is 9.78 Å². The predicted molar refractivity (Wildman–Crippen MR) is 99.6 cm³/mol. The van der Waals surface area contributed by atoms with Gasteiger partial charge in [0.2, 0.25) is 0 Å². The number of aromatic nitrogens is 1. The molecular formula is C20H18N2O4. The van der Waals surface area contributed by atoms with Crippen molar-refractivity contribution < 1.29 is 19.4 Å². The molecule has 3 aromatic rings.